The molecule has 186 valence electrons. The quantitative estimate of drug-likeness (QED) is 0.280. The van der Waals surface area contributed by atoms with Crippen LogP contribution in [0.1, 0.15) is 43.6 Å². The predicted molar refractivity (Wildman–Crippen MR) is 132 cm³/mol. The van der Waals surface area contributed by atoms with Gasteiger partial charge in [-0.05, 0) is 28.8 Å². The third-order valence-electron chi connectivity index (χ3n) is 6.54. The van der Waals surface area contributed by atoms with Crippen LogP contribution in [0.15, 0.2) is 55.0 Å². The Labute approximate surface area is 210 Å². The van der Waals surface area contributed by atoms with Gasteiger partial charge in [0.1, 0.15) is 17.6 Å². The normalized spacial score (nSPS) is 17.9. The molecular weight excluding hydrogens is 476 g/mol. The molecule has 0 saturated heterocycles. The number of fused-ring (bicyclic) bond motifs is 3. The number of amides is 3. The number of carbonyl (C=O) groups excluding carboxylic acids is 3. The van der Waals surface area contributed by atoms with Crippen LogP contribution in [-0.4, -0.2) is 50.5 Å². The average Bonchev–Trinajstić information content (AvgIpc) is 3.48. The molecule has 2 aromatic heterocycles. The maximum atomic E-state index is 13.1. The van der Waals surface area contributed by atoms with E-state index in [9.17, 15) is 19.5 Å². The van der Waals surface area contributed by atoms with Crippen LogP contribution in [0.3, 0.4) is 0 Å². The fraction of sp³-hybridized carbons (Fsp3) is 0.192. The molecule has 1 unspecified atom stereocenters. The SMILES string of the molecule is O=C1COc2ccc(CNC(=O)c3ncnc4c(C(=O)NC5c6ccccc6C[C@@H]5O)c[nH]c34)cc2N1. The summed E-state index contributed by atoms with van der Waals surface area (Å²) >= 11 is 0. The number of H-pyrrole nitrogens is 1. The number of aromatic amines is 1. The number of carbonyl (C=O) groups is 3. The first-order chi connectivity index (χ1) is 18.0. The molecule has 4 aromatic rings. The number of nitrogens with zero attached hydrogens (tertiary/aromatic N) is 2. The van der Waals surface area contributed by atoms with Gasteiger partial charge in [-0.15, -0.1) is 0 Å². The highest BCUT2D eigenvalue weighted by Gasteiger charge is 2.33. The third kappa shape index (κ3) is 4.15. The molecule has 11 nitrogen and oxygen atoms in total. The summed E-state index contributed by atoms with van der Waals surface area (Å²) in [6, 6.07) is 12.3. The van der Waals surface area contributed by atoms with Crippen molar-refractivity contribution in [3.05, 3.63) is 82.9 Å². The molecule has 6 rings (SSSR count). The number of rotatable bonds is 5. The van der Waals surface area contributed by atoms with Crippen LogP contribution in [0, 0.1) is 0 Å². The molecule has 5 N–H and O–H groups in total. The first kappa shape index (κ1) is 22.7. The minimum atomic E-state index is -0.731. The first-order valence-corrected chi connectivity index (χ1v) is 11.7. The van der Waals surface area contributed by atoms with E-state index >= 15 is 0 Å². The summed E-state index contributed by atoms with van der Waals surface area (Å²) in [6.45, 7) is 0.151. The Morgan fingerprint density at radius 3 is 2.89 bits per heavy atom. The van der Waals surface area contributed by atoms with Crippen molar-refractivity contribution in [2.75, 3.05) is 11.9 Å². The number of anilines is 1. The van der Waals surface area contributed by atoms with Crippen molar-refractivity contribution in [3.8, 4) is 5.75 Å². The van der Waals surface area contributed by atoms with Crippen LogP contribution in [0.2, 0.25) is 0 Å². The molecule has 37 heavy (non-hydrogen) atoms. The maximum absolute atomic E-state index is 13.1. The molecule has 2 aliphatic rings. The standard InChI is InChI=1S/C26H22N6O5/c33-18-8-14-3-1-2-4-15(14)21(18)32-25(35)16-10-27-23-22(16)29-12-30-24(23)26(36)28-9-13-5-6-19-17(7-13)31-20(34)11-37-19/h1-7,10,12,18,21,27,33H,8-9,11H2,(H,28,36)(H,31,34)(H,32,35)/t18-,21?/m0/s1. The molecule has 0 radical (unpaired) electrons. The topological polar surface area (TPSA) is 158 Å². The van der Waals surface area contributed by atoms with E-state index in [4.69, 9.17) is 4.74 Å². The number of aliphatic hydroxyl groups is 1. The number of nitrogens with one attached hydrogen (secondary N) is 4. The Bertz CT molecular complexity index is 1560. The monoisotopic (exact) mass is 498 g/mol. The lowest BCUT2D eigenvalue weighted by Gasteiger charge is -2.18. The summed E-state index contributed by atoms with van der Waals surface area (Å²) in [6.07, 6.45) is 2.44. The van der Waals surface area contributed by atoms with Gasteiger partial charge in [0.2, 0.25) is 0 Å². The van der Waals surface area contributed by atoms with Crippen molar-refractivity contribution < 1.29 is 24.2 Å². The van der Waals surface area contributed by atoms with Crippen molar-refractivity contribution in [1.29, 1.82) is 0 Å². The molecule has 3 amide bonds. The van der Waals surface area contributed by atoms with Crippen LogP contribution in [-0.2, 0) is 17.8 Å². The molecule has 0 saturated carbocycles. The zero-order valence-electron chi connectivity index (χ0n) is 19.4. The Morgan fingerprint density at radius 1 is 1.14 bits per heavy atom. The second-order valence-electron chi connectivity index (χ2n) is 8.92. The van der Waals surface area contributed by atoms with E-state index in [1.807, 2.05) is 24.3 Å². The van der Waals surface area contributed by atoms with Gasteiger partial charge in [0, 0.05) is 19.2 Å². The van der Waals surface area contributed by atoms with Gasteiger partial charge in [-0.3, -0.25) is 14.4 Å². The number of benzene rings is 2. The first-order valence-electron chi connectivity index (χ1n) is 11.7. The Morgan fingerprint density at radius 2 is 2.00 bits per heavy atom. The number of aliphatic hydroxyl groups excluding tert-OH is 1. The van der Waals surface area contributed by atoms with E-state index in [1.54, 1.807) is 18.2 Å². The number of hydrogen-bond acceptors (Lipinski definition) is 7. The smallest absolute Gasteiger partial charge is 0.272 e. The summed E-state index contributed by atoms with van der Waals surface area (Å²) < 4.78 is 5.35. The Hall–Kier alpha value is -4.77. The molecule has 0 bridgehead atoms. The zero-order chi connectivity index (χ0) is 25.5. The van der Waals surface area contributed by atoms with Gasteiger partial charge >= 0.3 is 0 Å². The molecule has 11 heteroatoms. The molecule has 0 fully saturated rings. The van der Waals surface area contributed by atoms with Gasteiger partial charge in [-0.1, -0.05) is 30.3 Å². The van der Waals surface area contributed by atoms with E-state index in [0.717, 1.165) is 16.7 Å². The minimum Gasteiger partial charge on any atom is -0.482 e. The predicted octanol–water partition coefficient (Wildman–Crippen LogP) is 1.61. The maximum Gasteiger partial charge on any atom is 0.272 e. The molecule has 0 spiro atoms. The number of aromatic nitrogens is 3. The third-order valence-corrected chi connectivity index (χ3v) is 6.54. The van der Waals surface area contributed by atoms with E-state index in [-0.39, 0.29) is 30.3 Å². The van der Waals surface area contributed by atoms with Gasteiger partial charge in [-0.25, -0.2) is 9.97 Å². The van der Waals surface area contributed by atoms with Crippen LogP contribution >= 0.6 is 0 Å². The van der Waals surface area contributed by atoms with E-state index < -0.39 is 24.0 Å². The second kappa shape index (κ2) is 9.03. The summed E-state index contributed by atoms with van der Waals surface area (Å²) in [4.78, 5) is 48.9. The Kier molecular flexibility index (Phi) is 5.53. The fourth-order valence-electron chi connectivity index (χ4n) is 4.76. The van der Waals surface area contributed by atoms with Gasteiger partial charge in [0.05, 0.1) is 28.9 Å². The summed E-state index contributed by atoms with van der Waals surface area (Å²) in [7, 11) is 0. The lowest BCUT2D eigenvalue weighted by Crippen LogP contribution is -2.33. The highest BCUT2D eigenvalue weighted by Crippen LogP contribution is 2.32. The van der Waals surface area contributed by atoms with Crippen molar-refractivity contribution in [3.63, 3.8) is 0 Å². The summed E-state index contributed by atoms with van der Waals surface area (Å²) in [5.41, 5.74) is 4.13. The second-order valence-corrected chi connectivity index (χ2v) is 8.92. The van der Waals surface area contributed by atoms with Crippen molar-refractivity contribution in [2.24, 2.45) is 0 Å². The highest BCUT2D eigenvalue weighted by atomic mass is 16.5. The lowest BCUT2D eigenvalue weighted by molar-refractivity contribution is -0.118. The van der Waals surface area contributed by atoms with Gasteiger partial charge in [-0.2, -0.15) is 0 Å². The number of hydrogen-bond donors (Lipinski definition) is 5. The minimum absolute atomic E-state index is 0.0303. The van der Waals surface area contributed by atoms with E-state index in [1.165, 1.54) is 12.5 Å². The van der Waals surface area contributed by atoms with Gasteiger partial charge in [0.15, 0.2) is 12.3 Å². The van der Waals surface area contributed by atoms with Gasteiger partial charge < -0.3 is 30.8 Å². The van der Waals surface area contributed by atoms with Crippen molar-refractivity contribution >= 4 is 34.4 Å². The average molecular weight is 498 g/mol. The number of ether oxygens (including phenoxy) is 1. The summed E-state index contributed by atoms with van der Waals surface area (Å²) in [5, 5.41) is 18.9. The van der Waals surface area contributed by atoms with Crippen LogP contribution in [0.25, 0.3) is 11.0 Å². The molecule has 1 aliphatic carbocycles. The van der Waals surface area contributed by atoms with Crippen LogP contribution in [0.4, 0.5) is 5.69 Å². The lowest BCUT2D eigenvalue weighted by atomic mass is 10.1. The van der Waals surface area contributed by atoms with Crippen LogP contribution < -0.4 is 20.7 Å². The molecule has 1 aliphatic heterocycles. The largest absolute Gasteiger partial charge is 0.482 e. The van der Waals surface area contributed by atoms with Crippen molar-refractivity contribution in [1.82, 2.24) is 25.6 Å². The van der Waals surface area contributed by atoms with Crippen molar-refractivity contribution in [2.45, 2.75) is 25.1 Å². The fourth-order valence-corrected chi connectivity index (χ4v) is 4.76. The molecule has 2 atom stereocenters. The highest BCUT2D eigenvalue weighted by molar-refractivity contribution is 6.10. The van der Waals surface area contributed by atoms with E-state index in [2.05, 4.69) is 30.9 Å². The zero-order valence-corrected chi connectivity index (χ0v) is 19.4. The molecule has 3 heterocycles. The van der Waals surface area contributed by atoms with Crippen LogP contribution in [0.5, 0.6) is 5.75 Å². The summed E-state index contributed by atoms with van der Waals surface area (Å²) in [5.74, 6) is -0.553. The molecule has 2 aromatic carbocycles. The van der Waals surface area contributed by atoms with E-state index in [0.29, 0.717) is 28.9 Å². The Balaban J connectivity index is 1.19. The molecular formula is C26H22N6O5. The van der Waals surface area contributed by atoms with Gasteiger partial charge in [0.25, 0.3) is 17.7 Å².